The molecule has 0 spiro atoms. The number of imide groups is 1. The highest BCUT2D eigenvalue weighted by Gasteiger charge is 2.50. The number of carbonyl (C=O) groups excluding carboxylic acids is 2. The lowest BCUT2D eigenvalue weighted by Gasteiger charge is -2.44. The average molecular weight is 457 g/mol. The number of alkyl halides is 2. The molecule has 3 unspecified atom stereocenters. The maximum absolute atomic E-state index is 14.3. The largest absolute Gasteiger partial charge is 0.383 e. The van der Waals surface area contributed by atoms with E-state index in [1.54, 1.807) is 6.20 Å². The maximum atomic E-state index is 14.3. The van der Waals surface area contributed by atoms with Crippen molar-refractivity contribution in [2.24, 2.45) is 17.6 Å². The van der Waals surface area contributed by atoms with Crippen molar-refractivity contribution < 1.29 is 23.1 Å². The van der Waals surface area contributed by atoms with E-state index in [9.17, 15) is 18.4 Å². The number of hydrogen-bond acceptors (Lipinski definition) is 7. The topological polar surface area (TPSA) is 88.8 Å². The third-order valence-corrected chi connectivity index (χ3v) is 8.02. The number of thiazole rings is 1. The number of ether oxygens (including phenoxy) is 1. The van der Waals surface area contributed by atoms with Crippen LogP contribution in [0, 0.1) is 11.8 Å². The minimum Gasteiger partial charge on any atom is -0.383 e. The van der Waals surface area contributed by atoms with Crippen LogP contribution in [0.15, 0.2) is 6.20 Å². The number of hydrogen-bond donors (Lipinski definition) is 1. The Morgan fingerprint density at radius 2 is 2.06 bits per heavy atom. The molecule has 3 aliphatic rings. The third kappa shape index (κ3) is 4.40. The smallest absolute Gasteiger partial charge is 0.260 e. The van der Waals surface area contributed by atoms with E-state index < -0.39 is 48.8 Å². The van der Waals surface area contributed by atoms with Crippen molar-refractivity contribution in [2.45, 2.75) is 69.5 Å². The van der Waals surface area contributed by atoms with Gasteiger partial charge >= 0.3 is 0 Å². The van der Waals surface area contributed by atoms with E-state index in [4.69, 9.17) is 10.5 Å². The first-order chi connectivity index (χ1) is 14.7. The highest BCUT2D eigenvalue weighted by molar-refractivity contribution is 7.16. The lowest BCUT2D eigenvalue weighted by atomic mass is 9.79. The minimum atomic E-state index is -2.90. The second-order valence-corrected chi connectivity index (χ2v) is 10.2. The number of carbonyl (C=O) groups is 2. The van der Waals surface area contributed by atoms with Crippen LogP contribution in [0.4, 0.5) is 13.9 Å². The Hall–Kier alpha value is -1.49. The predicted octanol–water partition coefficient (Wildman–Crippen LogP) is 2.96. The second-order valence-electron chi connectivity index (χ2n) is 9.16. The molecule has 2 bridgehead atoms. The molecule has 1 saturated carbocycles. The summed E-state index contributed by atoms with van der Waals surface area (Å²) in [6.07, 6.45) is 4.83. The van der Waals surface area contributed by atoms with Gasteiger partial charge in [-0.3, -0.25) is 14.5 Å². The summed E-state index contributed by atoms with van der Waals surface area (Å²) in [6, 6.07) is -2.16. The highest BCUT2D eigenvalue weighted by Crippen LogP contribution is 2.42. The van der Waals surface area contributed by atoms with E-state index in [1.807, 2.05) is 0 Å². The van der Waals surface area contributed by atoms with E-state index >= 15 is 0 Å². The SMILES string of the molecule is COCC1c2cnc(s2)N(C(=O)C(N)C2CCC(C)CC2)C(=O)C2CCC(F)(F)CN21. The number of piperidine rings is 1. The number of fused-ring (bicyclic) bond motifs is 3. The van der Waals surface area contributed by atoms with Crippen LogP contribution in [0.5, 0.6) is 0 Å². The fourth-order valence-corrected chi connectivity index (χ4v) is 6.07. The van der Waals surface area contributed by atoms with Crippen LogP contribution in [0.2, 0.25) is 0 Å². The van der Waals surface area contributed by atoms with Gasteiger partial charge in [-0.2, -0.15) is 0 Å². The van der Waals surface area contributed by atoms with Gasteiger partial charge in [0.15, 0.2) is 5.13 Å². The van der Waals surface area contributed by atoms with Crippen molar-refractivity contribution in [3.63, 3.8) is 0 Å². The molecule has 1 aromatic heterocycles. The van der Waals surface area contributed by atoms with Crippen LogP contribution in [0.25, 0.3) is 0 Å². The fraction of sp³-hybridized carbons (Fsp3) is 0.762. The summed E-state index contributed by atoms with van der Waals surface area (Å²) in [5.41, 5.74) is 6.36. The number of nitrogens with zero attached hydrogens (tertiary/aromatic N) is 3. The normalized spacial score (nSPS) is 32.2. The zero-order valence-corrected chi connectivity index (χ0v) is 18.7. The standard InChI is InChI=1S/C21H30F2N4O3S/c1-12-3-5-13(6-4-12)17(24)19(29)27-18(28)14-7-8-21(22,23)11-26(14)15(10-30-2)16-9-25-20(27)31-16/h9,12-15,17H,3-8,10-11,24H2,1-2H3. The number of halogens is 2. The van der Waals surface area contributed by atoms with E-state index in [1.165, 1.54) is 23.3 Å². The summed E-state index contributed by atoms with van der Waals surface area (Å²) in [5, 5.41) is 0.266. The molecule has 0 aromatic carbocycles. The van der Waals surface area contributed by atoms with Gasteiger partial charge in [-0.25, -0.2) is 18.7 Å². The van der Waals surface area contributed by atoms with Crippen molar-refractivity contribution in [1.29, 1.82) is 0 Å². The summed E-state index contributed by atoms with van der Waals surface area (Å²) in [7, 11) is 1.50. The van der Waals surface area contributed by atoms with Crippen LogP contribution >= 0.6 is 11.3 Å². The molecular formula is C21H30F2N4O3S. The van der Waals surface area contributed by atoms with Crippen molar-refractivity contribution in [1.82, 2.24) is 9.88 Å². The van der Waals surface area contributed by atoms with Crippen molar-refractivity contribution in [3.05, 3.63) is 11.1 Å². The number of amides is 2. The molecule has 1 aromatic rings. The number of anilines is 1. The lowest BCUT2D eigenvalue weighted by Crippen LogP contribution is -2.60. The van der Waals surface area contributed by atoms with Crippen LogP contribution in [0.3, 0.4) is 0 Å². The first kappa shape index (κ1) is 22.7. The Bertz CT molecular complexity index is 827. The van der Waals surface area contributed by atoms with Crippen LogP contribution in [0.1, 0.15) is 56.4 Å². The van der Waals surface area contributed by atoms with Crippen molar-refractivity contribution in [3.8, 4) is 0 Å². The molecule has 4 rings (SSSR count). The van der Waals surface area contributed by atoms with Gasteiger partial charge in [0.25, 0.3) is 17.7 Å². The molecule has 2 fully saturated rings. The molecule has 172 valence electrons. The fourth-order valence-electron chi connectivity index (χ4n) is 5.04. The zero-order chi connectivity index (χ0) is 22.3. The molecule has 0 radical (unpaired) electrons. The quantitative estimate of drug-likeness (QED) is 0.749. The number of aromatic nitrogens is 1. The summed E-state index contributed by atoms with van der Waals surface area (Å²) in [5.74, 6) is -3.28. The van der Waals surface area contributed by atoms with Gasteiger partial charge in [-0.1, -0.05) is 31.1 Å². The van der Waals surface area contributed by atoms with Crippen molar-refractivity contribution in [2.75, 3.05) is 25.2 Å². The predicted molar refractivity (Wildman–Crippen MR) is 113 cm³/mol. The van der Waals surface area contributed by atoms with Gasteiger partial charge in [-0.05, 0) is 31.1 Å². The molecule has 3 heterocycles. The molecule has 1 saturated heterocycles. The van der Waals surface area contributed by atoms with Crippen LogP contribution in [-0.4, -0.2) is 60.0 Å². The number of methoxy groups -OCH3 is 1. The Morgan fingerprint density at radius 3 is 2.74 bits per heavy atom. The molecule has 2 N–H and O–H groups in total. The molecule has 3 atom stereocenters. The Kier molecular flexibility index (Phi) is 6.44. The molecular weight excluding hydrogens is 426 g/mol. The molecule has 7 nitrogen and oxygen atoms in total. The average Bonchev–Trinajstić information content (AvgIpc) is 3.20. The van der Waals surface area contributed by atoms with Gasteiger partial charge < -0.3 is 10.5 Å². The molecule has 1 aliphatic carbocycles. The third-order valence-electron chi connectivity index (χ3n) is 6.93. The van der Waals surface area contributed by atoms with Gasteiger partial charge in [-0.15, -0.1) is 0 Å². The van der Waals surface area contributed by atoms with E-state index in [2.05, 4.69) is 11.9 Å². The summed E-state index contributed by atoms with van der Waals surface area (Å²) < 4.78 is 33.9. The van der Waals surface area contributed by atoms with Gasteiger partial charge in [0, 0.05) is 24.6 Å². The first-order valence-electron chi connectivity index (χ1n) is 10.9. The van der Waals surface area contributed by atoms with E-state index in [0.717, 1.165) is 30.6 Å². The van der Waals surface area contributed by atoms with Crippen molar-refractivity contribution >= 4 is 28.3 Å². The number of rotatable bonds is 4. The maximum Gasteiger partial charge on any atom is 0.260 e. The molecule has 2 amide bonds. The highest BCUT2D eigenvalue weighted by atomic mass is 32.1. The lowest BCUT2D eigenvalue weighted by molar-refractivity contribution is -0.141. The van der Waals surface area contributed by atoms with Gasteiger partial charge in [0.2, 0.25) is 0 Å². The van der Waals surface area contributed by atoms with Crippen LogP contribution in [-0.2, 0) is 14.3 Å². The van der Waals surface area contributed by atoms with E-state index in [0.29, 0.717) is 10.8 Å². The summed E-state index contributed by atoms with van der Waals surface area (Å²) in [4.78, 5) is 34.6. The summed E-state index contributed by atoms with van der Waals surface area (Å²) >= 11 is 1.17. The zero-order valence-electron chi connectivity index (χ0n) is 17.9. The Morgan fingerprint density at radius 1 is 1.35 bits per heavy atom. The molecule has 31 heavy (non-hydrogen) atoms. The van der Waals surface area contributed by atoms with Crippen LogP contribution < -0.4 is 10.6 Å². The molecule has 10 heteroatoms. The van der Waals surface area contributed by atoms with Gasteiger partial charge in [0.1, 0.15) is 0 Å². The number of nitrogens with two attached hydrogens (primary N) is 1. The monoisotopic (exact) mass is 456 g/mol. The second kappa shape index (κ2) is 8.80. The molecule has 2 aliphatic heterocycles. The Balaban J connectivity index is 1.66. The first-order valence-corrected chi connectivity index (χ1v) is 11.7. The van der Waals surface area contributed by atoms with Gasteiger partial charge in [0.05, 0.1) is 31.3 Å². The minimum absolute atomic E-state index is 0.00871. The summed E-state index contributed by atoms with van der Waals surface area (Å²) in [6.45, 7) is 1.79. The van der Waals surface area contributed by atoms with E-state index in [-0.39, 0.29) is 24.1 Å². The Labute approximate surface area is 184 Å².